The Bertz CT molecular complexity index is 559. The number of nitro groups is 1. The highest BCUT2D eigenvalue weighted by Crippen LogP contribution is 2.26. The third kappa shape index (κ3) is 1.32. The number of hydrogen-bond donors (Lipinski definition) is 2. The van der Waals surface area contributed by atoms with Gasteiger partial charge in [-0.05, 0) is 0 Å². The van der Waals surface area contributed by atoms with Gasteiger partial charge in [-0.15, -0.1) is 0 Å². The number of nitrogens with two attached hydrogens (primary N) is 1. The van der Waals surface area contributed by atoms with Crippen LogP contribution in [0.3, 0.4) is 0 Å². The number of rotatable bonds is 2. The number of carbonyl (C=O) groups is 1. The fraction of sp³-hybridized carbons (Fsp3) is 0. The summed E-state index contributed by atoms with van der Waals surface area (Å²) in [5.74, 6) is -0.609. The van der Waals surface area contributed by atoms with Gasteiger partial charge in [0.1, 0.15) is 5.52 Å². The fourth-order valence-electron chi connectivity index (χ4n) is 1.49. The Kier molecular flexibility index (Phi) is 1.89. The van der Waals surface area contributed by atoms with Crippen molar-refractivity contribution in [2.45, 2.75) is 0 Å². The van der Waals surface area contributed by atoms with Crippen LogP contribution >= 0.6 is 0 Å². The number of carbonyl (C=O) groups excluding carboxylic acids is 1. The van der Waals surface area contributed by atoms with E-state index in [-0.39, 0.29) is 11.3 Å². The Balaban J connectivity index is 2.80. The summed E-state index contributed by atoms with van der Waals surface area (Å²) >= 11 is 0. The number of nitrogens with one attached hydrogen (secondary N) is 1. The van der Waals surface area contributed by atoms with E-state index in [1.54, 1.807) is 6.07 Å². The third-order valence-corrected chi connectivity index (χ3v) is 2.16. The molecular formula is C9H7N3O3. The van der Waals surface area contributed by atoms with Crippen LogP contribution in [0, 0.1) is 10.1 Å². The lowest BCUT2D eigenvalue weighted by molar-refractivity contribution is -0.383. The Labute approximate surface area is 83.8 Å². The molecule has 2 aromatic rings. The van der Waals surface area contributed by atoms with Gasteiger partial charge in [-0.3, -0.25) is 14.9 Å². The van der Waals surface area contributed by atoms with Crippen molar-refractivity contribution in [2.24, 2.45) is 5.73 Å². The maximum absolute atomic E-state index is 11.0. The summed E-state index contributed by atoms with van der Waals surface area (Å²) in [6.07, 6.45) is 1.38. The standard InChI is InChI=1S/C9H7N3O3/c10-9(13)6-4-11-8-5(6)2-1-3-7(8)12(14)15/h1-4,11H,(H2,10,13). The Morgan fingerprint density at radius 1 is 1.47 bits per heavy atom. The van der Waals surface area contributed by atoms with E-state index in [1.807, 2.05) is 0 Å². The summed E-state index contributed by atoms with van der Waals surface area (Å²) in [5, 5.41) is 11.1. The van der Waals surface area contributed by atoms with Crippen LogP contribution in [0.15, 0.2) is 24.4 Å². The highest BCUT2D eigenvalue weighted by molar-refractivity contribution is 6.07. The van der Waals surface area contributed by atoms with E-state index < -0.39 is 10.8 Å². The molecule has 0 spiro atoms. The molecule has 1 aromatic heterocycles. The summed E-state index contributed by atoms with van der Waals surface area (Å²) in [7, 11) is 0. The number of fused-ring (bicyclic) bond motifs is 1. The minimum absolute atomic E-state index is 0.0694. The fourth-order valence-corrected chi connectivity index (χ4v) is 1.49. The van der Waals surface area contributed by atoms with E-state index in [0.29, 0.717) is 10.9 Å². The summed E-state index contributed by atoms with van der Waals surface area (Å²) in [6, 6.07) is 4.49. The molecule has 0 atom stereocenters. The maximum atomic E-state index is 11.0. The smallest absolute Gasteiger partial charge is 0.293 e. The van der Waals surface area contributed by atoms with Crippen molar-refractivity contribution in [2.75, 3.05) is 0 Å². The zero-order chi connectivity index (χ0) is 11.0. The van der Waals surface area contributed by atoms with Gasteiger partial charge in [0.2, 0.25) is 0 Å². The van der Waals surface area contributed by atoms with Crippen LogP contribution < -0.4 is 5.73 Å². The number of primary amides is 1. The number of para-hydroxylation sites is 1. The molecule has 1 aromatic carbocycles. The molecule has 0 aliphatic rings. The van der Waals surface area contributed by atoms with E-state index in [4.69, 9.17) is 5.73 Å². The monoisotopic (exact) mass is 205 g/mol. The number of amides is 1. The van der Waals surface area contributed by atoms with Gasteiger partial charge in [0, 0.05) is 17.6 Å². The van der Waals surface area contributed by atoms with Crippen molar-refractivity contribution in [3.63, 3.8) is 0 Å². The predicted molar refractivity (Wildman–Crippen MR) is 53.5 cm³/mol. The predicted octanol–water partition coefficient (Wildman–Crippen LogP) is 1.18. The van der Waals surface area contributed by atoms with Gasteiger partial charge >= 0.3 is 0 Å². The van der Waals surface area contributed by atoms with Crippen LogP contribution in [0.1, 0.15) is 10.4 Å². The zero-order valence-corrected chi connectivity index (χ0v) is 7.56. The minimum atomic E-state index is -0.609. The number of H-pyrrole nitrogens is 1. The van der Waals surface area contributed by atoms with Crippen LogP contribution in [0.5, 0.6) is 0 Å². The second-order valence-corrected chi connectivity index (χ2v) is 3.02. The Morgan fingerprint density at radius 3 is 2.80 bits per heavy atom. The molecule has 0 radical (unpaired) electrons. The van der Waals surface area contributed by atoms with Gasteiger partial charge in [0.05, 0.1) is 10.5 Å². The van der Waals surface area contributed by atoms with E-state index in [0.717, 1.165) is 0 Å². The highest BCUT2D eigenvalue weighted by Gasteiger charge is 2.16. The average molecular weight is 205 g/mol. The molecule has 1 amide bonds. The number of nitro benzene ring substituents is 1. The molecular weight excluding hydrogens is 198 g/mol. The lowest BCUT2D eigenvalue weighted by atomic mass is 10.1. The number of benzene rings is 1. The second-order valence-electron chi connectivity index (χ2n) is 3.02. The first kappa shape index (κ1) is 9.20. The highest BCUT2D eigenvalue weighted by atomic mass is 16.6. The first-order valence-corrected chi connectivity index (χ1v) is 4.15. The van der Waals surface area contributed by atoms with Crippen molar-refractivity contribution < 1.29 is 9.72 Å². The van der Waals surface area contributed by atoms with Crippen LogP contribution in [0.25, 0.3) is 10.9 Å². The number of non-ortho nitro benzene ring substituents is 1. The quantitative estimate of drug-likeness (QED) is 0.568. The van der Waals surface area contributed by atoms with E-state index in [1.165, 1.54) is 18.3 Å². The van der Waals surface area contributed by atoms with Crippen molar-refractivity contribution >= 4 is 22.5 Å². The molecule has 0 unspecified atom stereocenters. The van der Waals surface area contributed by atoms with Crippen LogP contribution in [-0.2, 0) is 0 Å². The van der Waals surface area contributed by atoms with Gasteiger partial charge in [-0.25, -0.2) is 0 Å². The van der Waals surface area contributed by atoms with Crippen LogP contribution in [0.4, 0.5) is 5.69 Å². The maximum Gasteiger partial charge on any atom is 0.293 e. The molecule has 0 aliphatic carbocycles. The van der Waals surface area contributed by atoms with Crippen molar-refractivity contribution in [1.82, 2.24) is 4.98 Å². The molecule has 6 heteroatoms. The van der Waals surface area contributed by atoms with E-state index in [2.05, 4.69) is 4.98 Å². The summed E-state index contributed by atoms with van der Waals surface area (Å²) < 4.78 is 0. The number of aromatic amines is 1. The Hall–Kier alpha value is -2.37. The van der Waals surface area contributed by atoms with Crippen molar-refractivity contribution in [3.8, 4) is 0 Å². The van der Waals surface area contributed by atoms with Crippen molar-refractivity contribution in [3.05, 3.63) is 40.1 Å². The molecule has 15 heavy (non-hydrogen) atoms. The van der Waals surface area contributed by atoms with Gasteiger partial charge in [0.15, 0.2) is 0 Å². The molecule has 0 bridgehead atoms. The number of aromatic nitrogens is 1. The minimum Gasteiger partial charge on any atom is -0.366 e. The second kappa shape index (κ2) is 3.09. The third-order valence-electron chi connectivity index (χ3n) is 2.16. The summed E-state index contributed by atoms with van der Waals surface area (Å²) in [6.45, 7) is 0. The van der Waals surface area contributed by atoms with Gasteiger partial charge in [0.25, 0.3) is 11.6 Å². The first-order chi connectivity index (χ1) is 7.11. The Morgan fingerprint density at radius 2 is 2.20 bits per heavy atom. The molecule has 6 nitrogen and oxygen atoms in total. The molecule has 0 fully saturated rings. The molecule has 1 heterocycles. The largest absolute Gasteiger partial charge is 0.366 e. The lowest BCUT2D eigenvalue weighted by Gasteiger charge is -1.94. The van der Waals surface area contributed by atoms with Crippen LogP contribution in [-0.4, -0.2) is 15.8 Å². The number of nitrogens with zero attached hydrogens (tertiary/aromatic N) is 1. The number of hydrogen-bond acceptors (Lipinski definition) is 3. The lowest BCUT2D eigenvalue weighted by Crippen LogP contribution is -2.09. The summed E-state index contributed by atoms with van der Waals surface area (Å²) in [5.41, 5.74) is 5.63. The zero-order valence-electron chi connectivity index (χ0n) is 7.56. The molecule has 76 valence electrons. The molecule has 0 aliphatic heterocycles. The van der Waals surface area contributed by atoms with E-state index in [9.17, 15) is 14.9 Å². The van der Waals surface area contributed by atoms with Gasteiger partial charge in [-0.1, -0.05) is 12.1 Å². The average Bonchev–Trinajstić information content (AvgIpc) is 2.59. The molecule has 3 N–H and O–H groups in total. The normalized spacial score (nSPS) is 10.4. The van der Waals surface area contributed by atoms with Gasteiger partial charge in [-0.2, -0.15) is 0 Å². The molecule has 2 rings (SSSR count). The summed E-state index contributed by atoms with van der Waals surface area (Å²) in [4.78, 5) is 23.8. The SMILES string of the molecule is NC(=O)c1c[nH]c2c([N+](=O)[O-])cccc12. The molecule has 0 saturated heterocycles. The molecule has 0 saturated carbocycles. The van der Waals surface area contributed by atoms with Crippen LogP contribution in [0.2, 0.25) is 0 Å². The van der Waals surface area contributed by atoms with Gasteiger partial charge < -0.3 is 10.7 Å². The first-order valence-electron chi connectivity index (χ1n) is 4.15. The van der Waals surface area contributed by atoms with Crippen molar-refractivity contribution in [1.29, 1.82) is 0 Å². The topological polar surface area (TPSA) is 102 Å². The van der Waals surface area contributed by atoms with E-state index >= 15 is 0 Å².